The molecule has 2 nitrogen and oxygen atoms in total. The second-order valence-corrected chi connectivity index (χ2v) is 6.50. The highest BCUT2D eigenvalue weighted by Crippen LogP contribution is 2.14. The Labute approximate surface area is 132 Å². The number of hydrogen-bond acceptors (Lipinski definition) is 1. The lowest BCUT2D eigenvalue weighted by atomic mass is 10.1. The first-order valence-electron chi connectivity index (χ1n) is 9.21. The molecule has 0 saturated carbocycles. The van der Waals surface area contributed by atoms with E-state index in [2.05, 4.69) is 17.9 Å². The highest BCUT2D eigenvalue weighted by Gasteiger charge is 2.16. The molecule has 0 atom stereocenters. The number of rotatable bonds is 11. The van der Waals surface area contributed by atoms with Gasteiger partial charge >= 0.3 is 0 Å². The fraction of sp³-hybridized carbons (Fsp3) is 0.842. The van der Waals surface area contributed by atoms with Gasteiger partial charge in [-0.1, -0.05) is 70.8 Å². The number of carbonyl (C=O) groups excluding carboxylic acids is 1. The molecule has 0 fully saturated rings. The molecule has 2 heteroatoms. The molecular weight excluding hydrogens is 258 g/mol. The van der Waals surface area contributed by atoms with Gasteiger partial charge in [-0.2, -0.15) is 0 Å². The third-order valence-electron chi connectivity index (χ3n) is 4.49. The Morgan fingerprint density at radius 2 is 1.52 bits per heavy atom. The van der Waals surface area contributed by atoms with Crippen LogP contribution < -0.4 is 0 Å². The van der Waals surface area contributed by atoms with Crippen LogP contribution in [0.5, 0.6) is 0 Å². The molecule has 1 aliphatic heterocycles. The summed E-state index contributed by atoms with van der Waals surface area (Å²) < 4.78 is 0. The fourth-order valence-corrected chi connectivity index (χ4v) is 3.04. The van der Waals surface area contributed by atoms with Crippen molar-refractivity contribution in [3.63, 3.8) is 0 Å². The number of hydrogen-bond donors (Lipinski definition) is 0. The average Bonchev–Trinajstić information content (AvgIpc) is 2.64. The van der Waals surface area contributed by atoms with Crippen LogP contribution in [0, 0.1) is 0 Å². The summed E-state index contributed by atoms with van der Waals surface area (Å²) in [5, 5.41) is 0. The minimum absolute atomic E-state index is 0.267. The third-order valence-corrected chi connectivity index (χ3v) is 4.49. The summed E-state index contributed by atoms with van der Waals surface area (Å²) in [6.07, 6.45) is 17.8. The van der Waals surface area contributed by atoms with Crippen molar-refractivity contribution in [2.24, 2.45) is 0 Å². The van der Waals surface area contributed by atoms with Crippen LogP contribution in [0.4, 0.5) is 0 Å². The van der Waals surface area contributed by atoms with Crippen LogP contribution >= 0.6 is 0 Å². The Balaban J connectivity index is 1.96. The van der Waals surface area contributed by atoms with Gasteiger partial charge in [0.2, 0.25) is 5.91 Å². The van der Waals surface area contributed by atoms with E-state index >= 15 is 0 Å². The first-order valence-corrected chi connectivity index (χ1v) is 9.21. The molecule has 122 valence electrons. The predicted molar refractivity (Wildman–Crippen MR) is 91.4 cm³/mol. The molecule has 0 radical (unpaired) electrons. The van der Waals surface area contributed by atoms with E-state index in [9.17, 15) is 4.79 Å². The molecule has 0 saturated heterocycles. The summed E-state index contributed by atoms with van der Waals surface area (Å²) in [6, 6.07) is 0. The maximum Gasteiger partial charge on any atom is 0.249 e. The Morgan fingerprint density at radius 1 is 0.952 bits per heavy atom. The smallest absolute Gasteiger partial charge is 0.249 e. The van der Waals surface area contributed by atoms with E-state index < -0.39 is 0 Å². The standard InChI is InChI=1S/C19H35NO/c1-3-4-5-6-7-8-9-10-11-13-16-20-17-14-12-15-18(2)19(20)21/h15H,3-14,16-17H2,1-2H3. The highest BCUT2D eigenvalue weighted by atomic mass is 16.2. The van der Waals surface area contributed by atoms with Crippen molar-refractivity contribution < 1.29 is 4.79 Å². The molecule has 0 unspecified atom stereocenters. The lowest BCUT2D eigenvalue weighted by Crippen LogP contribution is -2.32. The lowest BCUT2D eigenvalue weighted by Gasteiger charge is -2.21. The Kier molecular flexibility index (Phi) is 10.3. The Bertz CT molecular complexity index is 309. The zero-order valence-corrected chi connectivity index (χ0v) is 14.3. The Morgan fingerprint density at radius 3 is 2.14 bits per heavy atom. The number of carbonyl (C=O) groups is 1. The summed E-state index contributed by atoms with van der Waals surface area (Å²) in [5.41, 5.74) is 0.944. The number of amides is 1. The maximum atomic E-state index is 12.1. The SMILES string of the molecule is CCCCCCCCCCCCN1CCCC=C(C)C1=O. The molecule has 0 bridgehead atoms. The van der Waals surface area contributed by atoms with Crippen LogP contribution in [0.1, 0.15) is 90.9 Å². The fourth-order valence-electron chi connectivity index (χ4n) is 3.04. The van der Waals surface area contributed by atoms with Crippen molar-refractivity contribution in [1.29, 1.82) is 0 Å². The van der Waals surface area contributed by atoms with E-state index in [-0.39, 0.29) is 5.91 Å². The minimum Gasteiger partial charge on any atom is -0.339 e. The van der Waals surface area contributed by atoms with Gasteiger partial charge in [0.1, 0.15) is 0 Å². The van der Waals surface area contributed by atoms with Crippen molar-refractivity contribution in [3.8, 4) is 0 Å². The monoisotopic (exact) mass is 293 g/mol. The first-order chi connectivity index (χ1) is 10.3. The van der Waals surface area contributed by atoms with Crippen LogP contribution in [0.15, 0.2) is 11.6 Å². The largest absolute Gasteiger partial charge is 0.339 e. The second kappa shape index (κ2) is 11.8. The molecule has 1 rings (SSSR count). The molecule has 1 aliphatic rings. The highest BCUT2D eigenvalue weighted by molar-refractivity contribution is 5.93. The quantitative estimate of drug-likeness (QED) is 0.462. The normalized spacial score (nSPS) is 16.0. The number of nitrogens with zero attached hydrogens (tertiary/aromatic N) is 1. The zero-order valence-electron chi connectivity index (χ0n) is 14.3. The van der Waals surface area contributed by atoms with Gasteiger partial charge in [-0.25, -0.2) is 0 Å². The number of allylic oxidation sites excluding steroid dienone is 1. The van der Waals surface area contributed by atoms with Crippen molar-refractivity contribution in [2.45, 2.75) is 90.9 Å². The molecule has 1 heterocycles. The van der Waals surface area contributed by atoms with Crippen molar-refractivity contribution in [3.05, 3.63) is 11.6 Å². The van der Waals surface area contributed by atoms with Crippen LogP contribution in [-0.4, -0.2) is 23.9 Å². The zero-order chi connectivity index (χ0) is 15.3. The van der Waals surface area contributed by atoms with E-state index in [0.717, 1.165) is 31.5 Å². The van der Waals surface area contributed by atoms with Gasteiger partial charge in [-0.3, -0.25) is 4.79 Å². The van der Waals surface area contributed by atoms with E-state index in [4.69, 9.17) is 0 Å². The summed E-state index contributed by atoms with van der Waals surface area (Å²) in [7, 11) is 0. The molecule has 0 aromatic carbocycles. The molecule has 0 aromatic heterocycles. The van der Waals surface area contributed by atoms with Gasteiger partial charge in [0.25, 0.3) is 0 Å². The van der Waals surface area contributed by atoms with E-state index in [1.54, 1.807) is 0 Å². The average molecular weight is 293 g/mol. The van der Waals surface area contributed by atoms with E-state index in [1.165, 1.54) is 64.2 Å². The third kappa shape index (κ3) is 8.28. The molecule has 0 N–H and O–H groups in total. The van der Waals surface area contributed by atoms with Gasteiger partial charge in [0, 0.05) is 18.7 Å². The molecule has 21 heavy (non-hydrogen) atoms. The van der Waals surface area contributed by atoms with Gasteiger partial charge in [-0.15, -0.1) is 0 Å². The maximum absolute atomic E-state index is 12.1. The van der Waals surface area contributed by atoms with Crippen LogP contribution in [0.3, 0.4) is 0 Å². The van der Waals surface area contributed by atoms with E-state index in [1.807, 2.05) is 6.92 Å². The first kappa shape index (κ1) is 18.3. The van der Waals surface area contributed by atoms with Gasteiger partial charge < -0.3 is 4.90 Å². The van der Waals surface area contributed by atoms with E-state index in [0.29, 0.717) is 0 Å². The molecule has 0 spiro atoms. The van der Waals surface area contributed by atoms with Crippen LogP contribution in [-0.2, 0) is 4.79 Å². The summed E-state index contributed by atoms with van der Waals surface area (Å²) >= 11 is 0. The number of unbranched alkanes of at least 4 members (excludes halogenated alkanes) is 9. The van der Waals surface area contributed by atoms with Crippen LogP contribution in [0.25, 0.3) is 0 Å². The predicted octanol–water partition coefficient (Wildman–Crippen LogP) is 5.48. The molecule has 0 aliphatic carbocycles. The van der Waals surface area contributed by atoms with Crippen molar-refractivity contribution >= 4 is 5.91 Å². The summed E-state index contributed by atoms with van der Waals surface area (Å²) in [6.45, 7) is 6.14. The molecule has 0 aromatic rings. The van der Waals surface area contributed by atoms with Gasteiger partial charge in [0.15, 0.2) is 0 Å². The Hall–Kier alpha value is -0.790. The lowest BCUT2D eigenvalue weighted by molar-refractivity contribution is -0.127. The summed E-state index contributed by atoms with van der Waals surface area (Å²) in [5.74, 6) is 0.267. The van der Waals surface area contributed by atoms with Gasteiger partial charge in [0.05, 0.1) is 0 Å². The minimum atomic E-state index is 0.267. The second-order valence-electron chi connectivity index (χ2n) is 6.50. The summed E-state index contributed by atoms with van der Waals surface area (Å²) in [4.78, 5) is 14.2. The van der Waals surface area contributed by atoms with Crippen LogP contribution in [0.2, 0.25) is 0 Å². The molecule has 1 amide bonds. The molecular formula is C19H35NO. The topological polar surface area (TPSA) is 20.3 Å². The van der Waals surface area contributed by atoms with Gasteiger partial charge in [-0.05, 0) is 26.2 Å². The van der Waals surface area contributed by atoms with Crippen molar-refractivity contribution in [1.82, 2.24) is 4.90 Å². The van der Waals surface area contributed by atoms with Crippen molar-refractivity contribution in [2.75, 3.05) is 13.1 Å².